The normalized spacial score (nSPS) is 10.9. The minimum absolute atomic E-state index is 0.387. The Kier molecular flexibility index (Phi) is 3.14. The van der Waals surface area contributed by atoms with Crippen LogP contribution in [0.15, 0.2) is 10.7 Å². The number of hydrogen-bond acceptors (Lipinski definition) is 3. The van der Waals surface area contributed by atoms with Crippen LogP contribution in [0.2, 0.25) is 0 Å². The van der Waals surface area contributed by atoms with Crippen LogP contribution < -0.4 is 4.74 Å². The second-order valence-corrected chi connectivity index (χ2v) is 3.02. The van der Waals surface area contributed by atoms with Gasteiger partial charge in [-0.3, -0.25) is 0 Å². The molecule has 0 unspecified atom stereocenters. The molecule has 0 saturated heterocycles. The highest BCUT2D eigenvalue weighted by Crippen LogP contribution is 2.29. The Morgan fingerprint density at radius 3 is 2.53 bits per heavy atom. The van der Waals surface area contributed by atoms with E-state index in [0.717, 1.165) is 0 Å². The highest BCUT2D eigenvalue weighted by atomic mass is 79.9. The molecule has 1 aromatic heterocycles. The number of hydrogen-bond donors (Lipinski definition) is 0. The number of aromatic nitrogens is 1. The maximum Gasteiger partial charge on any atom is 0.573 e. The van der Waals surface area contributed by atoms with Gasteiger partial charge in [-0.1, -0.05) is 0 Å². The Labute approximate surface area is 89.4 Å². The molecule has 0 atom stereocenters. The SMILES string of the molecule is N#Cc1cc(OC(F)(F)F)c(F)c(Br)n1. The predicted molar refractivity (Wildman–Crippen MR) is 43.3 cm³/mol. The van der Waals surface area contributed by atoms with E-state index in [0.29, 0.717) is 6.07 Å². The molecule has 0 fully saturated rings. The zero-order valence-electron chi connectivity index (χ0n) is 6.77. The minimum atomic E-state index is -5.02. The van der Waals surface area contributed by atoms with E-state index in [2.05, 4.69) is 25.7 Å². The van der Waals surface area contributed by atoms with E-state index in [4.69, 9.17) is 5.26 Å². The maximum absolute atomic E-state index is 13.0. The molecule has 8 heteroatoms. The molecule has 1 aromatic rings. The molecule has 0 spiro atoms. The highest BCUT2D eigenvalue weighted by Gasteiger charge is 2.33. The standard InChI is InChI=1S/C7HBrF4N2O/c8-6-5(9)4(15-7(10,11)12)1-3(2-13)14-6/h1H. The molecule has 0 radical (unpaired) electrons. The monoisotopic (exact) mass is 284 g/mol. The van der Waals surface area contributed by atoms with Crippen LogP contribution in [0, 0.1) is 17.1 Å². The van der Waals surface area contributed by atoms with Gasteiger partial charge in [0.1, 0.15) is 16.4 Å². The van der Waals surface area contributed by atoms with Crippen LogP contribution in [-0.4, -0.2) is 11.3 Å². The van der Waals surface area contributed by atoms with Gasteiger partial charge in [-0.2, -0.15) is 9.65 Å². The number of ether oxygens (including phenoxy) is 1. The number of nitrogens with zero attached hydrogens (tertiary/aromatic N) is 2. The molecular formula is C7HBrF4N2O. The molecule has 0 N–H and O–H groups in total. The van der Waals surface area contributed by atoms with E-state index in [1.54, 1.807) is 0 Å². The van der Waals surface area contributed by atoms with Gasteiger partial charge in [-0.05, 0) is 15.9 Å². The van der Waals surface area contributed by atoms with Gasteiger partial charge in [-0.25, -0.2) is 4.98 Å². The van der Waals surface area contributed by atoms with E-state index in [1.165, 1.54) is 6.07 Å². The Morgan fingerprint density at radius 1 is 1.47 bits per heavy atom. The Hall–Kier alpha value is -1.36. The average Bonchev–Trinajstić information content (AvgIpc) is 2.10. The molecule has 3 nitrogen and oxygen atoms in total. The van der Waals surface area contributed by atoms with E-state index in [-0.39, 0.29) is 5.69 Å². The molecule has 0 bridgehead atoms. The summed E-state index contributed by atoms with van der Waals surface area (Å²) >= 11 is 2.56. The topological polar surface area (TPSA) is 45.9 Å². The minimum Gasteiger partial charge on any atom is -0.402 e. The lowest BCUT2D eigenvalue weighted by Crippen LogP contribution is -2.18. The van der Waals surface area contributed by atoms with Gasteiger partial charge >= 0.3 is 6.36 Å². The van der Waals surface area contributed by atoms with Crippen LogP contribution in [0.5, 0.6) is 5.75 Å². The van der Waals surface area contributed by atoms with E-state index in [9.17, 15) is 17.6 Å². The summed E-state index contributed by atoms with van der Waals surface area (Å²) in [5.74, 6) is -2.41. The second-order valence-electron chi connectivity index (χ2n) is 2.27. The summed E-state index contributed by atoms with van der Waals surface area (Å²) in [5.41, 5.74) is -0.387. The summed E-state index contributed by atoms with van der Waals surface area (Å²) in [6, 6.07) is 2.03. The van der Waals surface area contributed by atoms with Crippen molar-refractivity contribution < 1.29 is 22.3 Å². The summed E-state index contributed by atoms with van der Waals surface area (Å²) < 4.78 is 51.2. The number of halogens is 5. The van der Waals surface area contributed by atoms with E-state index < -0.39 is 22.5 Å². The van der Waals surface area contributed by atoms with Gasteiger partial charge < -0.3 is 4.74 Å². The largest absolute Gasteiger partial charge is 0.573 e. The van der Waals surface area contributed by atoms with Crippen molar-refractivity contribution in [1.82, 2.24) is 4.98 Å². The predicted octanol–water partition coefficient (Wildman–Crippen LogP) is 2.75. The lowest BCUT2D eigenvalue weighted by Gasteiger charge is -2.09. The van der Waals surface area contributed by atoms with Crippen molar-refractivity contribution in [1.29, 1.82) is 5.26 Å². The summed E-state index contributed by atoms with van der Waals surface area (Å²) in [6.45, 7) is 0. The van der Waals surface area contributed by atoms with Crippen molar-refractivity contribution in [3.05, 3.63) is 22.2 Å². The fourth-order valence-electron chi connectivity index (χ4n) is 0.733. The Bertz CT molecular complexity index is 426. The number of nitriles is 1. The number of pyridine rings is 1. The lowest BCUT2D eigenvalue weighted by atomic mass is 10.3. The van der Waals surface area contributed by atoms with Crippen molar-refractivity contribution in [3.8, 4) is 11.8 Å². The smallest absolute Gasteiger partial charge is 0.402 e. The summed E-state index contributed by atoms with van der Waals surface area (Å²) in [7, 11) is 0. The third-order valence-electron chi connectivity index (χ3n) is 1.22. The van der Waals surface area contributed by atoms with Crippen LogP contribution in [0.1, 0.15) is 5.69 Å². The second kappa shape index (κ2) is 4.02. The molecule has 0 aromatic carbocycles. The molecule has 1 rings (SSSR count). The molecule has 0 aliphatic carbocycles. The first-order valence-electron chi connectivity index (χ1n) is 3.35. The van der Waals surface area contributed by atoms with Crippen molar-refractivity contribution in [3.63, 3.8) is 0 Å². The molecule has 0 amide bonds. The van der Waals surface area contributed by atoms with Gasteiger partial charge in [-0.15, -0.1) is 13.2 Å². The van der Waals surface area contributed by atoms with Crippen LogP contribution in [0.3, 0.4) is 0 Å². The zero-order chi connectivity index (χ0) is 11.6. The molecule has 0 aliphatic rings. The van der Waals surface area contributed by atoms with Gasteiger partial charge in [0.2, 0.25) is 0 Å². The molecule has 80 valence electrons. The Balaban J connectivity index is 3.18. The summed E-state index contributed by atoms with van der Waals surface area (Å²) in [4.78, 5) is 3.32. The molecule has 15 heavy (non-hydrogen) atoms. The van der Waals surface area contributed by atoms with Crippen LogP contribution in [0.25, 0.3) is 0 Å². The highest BCUT2D eigenvalue weighted by molar-refractivity contribution is 9.10. The van der Waals surface area contributed by atoms with Crippen molar-refractivity contribution in [2.75, 3.05) is 0 Å². The summed E-state index contributed by atoms with van der Waals surface area (Å²) in [5, 5.41) is 8.38. The van der Waals surface area contributed by atoms with Crippen molar-refractivity contribution in [2.45, 2.75) is 6.36 Å². The fourth-order valence-corrected chi connectivity index (χ4v) is 1.12. The van der Waals surface area contributed by atoms with Crippen LogP contribution in [0.4, 0.5) is 17.6 Å². The van der Waals surface area contributed by atoms with E-state index in [1.807, 2.05) is 0 Å². The number of alkyl halides is 3. The van der Waals surface area contributed by atoms with Gasteiger partial charge in [0.15, 0.2) is 11.6 Å². The fraction of sp³-hybridized carbons (Fsp3) is 0.143. The number of rotatable bonds is 1. The zero-order valence-corrected chi connectivity index (χ0v) is 8.36. The van der Waals surface area contributed by atoms with Gasteiger partial charge in [0.25, 0.3) is 0 Å². The van der Waals surface area contributed by atoms with Crippen LogP contribution in [-0.2, 0) is 0 Å². The van der Waals surface area contributed by atoms with E-state index >= 15 is 0 Å². The molecule has 0 aliphatic heterocycles. The summed E-state index contributed by atoms with van der Waals surface area (Å²) in [6.07, 6.45) is -5.02. The maximum atomic E-state index is 13.0. The third-order valence-corrected chi connectivity index (χ3v) is 1.75. The molecular weight excluding hydrogens is 284 g/mol. The molecule has 0 saturated carbocycles. The lowest BCUT2D eigenvalue weighted by molar-refractivity contribution is -0.275. The Morgan fingerprint density at radius 2 is 2.07 bits per heavy atom. The van der Waals surface area contributed by atoms with Crippen molar-refractivity contribution >= 4 is 15.9 Å². The van der Waals surface area contributed by atoms with Gasteiger partial charge in [0.05, 0.1) is 0 Å². The van der Waals surface area contributed by atoms with Crippen LogP contribution >= 0.6 is 15.9 Å². The first-order valence-corrected chi connectivity index (χ1v) is 4.14. The quantitative estimate of drug-likeness (QED) is 0.588. The third kappa shape index (κ3) is 3.06. The average molecular weight is 285 g/mol. The van der Waals surface area contributed by atoms with Gasteiger partial charge in [0, 0.05) is 6.07 Å². The first kappa shape index (κ1) is 11.7. The molecule has 1 heterocycles. The first-order chi connectivity index (χ1) is 6.83. The van der Waals surface area contributed by atoms with Crippen molar-refractivity contribution in [2.24, 2.45) is 0 Å².